The molecule has 0 radical (unpaired) electrons. The fourth-order valence-electron chi connectivity index (χ4n) is 2.57. The minimum Gasteiger partial charge on any atom is -0.472 e. The number of nitrogens with one attached hydrogen (secondary N) is 1. The molecule has 0 spiro atoms. The number of benzene rings is 1. The van der Waals surface area contributed by atoms with Crippen molar-refractivity contribution in [2.45, 2.75) is 25.3 Å². The number of amides is 1. The van der Waals surface area contributed by atoms with Crippen molar-refractivity contribution in [3.63, 3.8) is 0 Å². The molecule has 0 atom stereocenters. The summed E-state index contributed by atoms with van der Waals surface area (Å²) in [7, 11) is 0. The summed E-state index contributed by atoms with van der Waals surface area (Å²) in [6.07, 6.45) is 5.54. The Morgan fingerprint density at radius 1 is 1.26 bits per heavy atom. The molecular formula is C18H17N3O2. The lowest BCUT2D eigenvalue weighted by Crippen LogP contribution is -2.25. The molecule has 1 fully saturated rings. The second-order valence-electron chi connectivity index (χ2n) is 5.79. The van der Waals surface area contributed by atoms with Gasteiger partial charge in [-0.2, -0.15) is 5.10 Å². The number of furan rings is 1. The van der Waals surface area contributed by atoms with Crippen LogP contribution < -0.4 is 5.32 Å². The molecule has 0 aliphatic heterocycles. The van der Waals surface area contributed by atoms with E-state index in [4.69, 9.17) is 4.42 Å². The molecule has 2 aromatic heterocycles. The summed E-state index contributed by atoms with van der Waals surface area (Å²) in [5.74, 6) is 0.370. The average molecular weight is 307 g/mol. The minimum absolute atomic E-state index is 0.130. The van der Waals surface area contributed by atoms with Crippen molar-refractivity contribution in [2.24, 2.45) is 0 Å². The van der Waals surface area contributed by atoms with Crippen LogP contribution >= 0.6 is 0 Å². The predicted molar refractivity (Wildman–Crippen MR) is 85.4 cm³/mol. The second kappa shape index (κ2) is 5.76. The molecule has 1 N–H and O–H groups in total. The van der Waals surface area contributed by atoms with Gasteiger partial charge < -0.3 is 9.73 Å². The van der Waals surface area contributed by atoms with Crippen molar-refractivity contribution in [3.05, 3.63) is 71.9 Å². The Kier molecular flexibility index (Phi) is 3.46. The molecule has 1 amide bonds. The highest BCUT2D eigenvalue weighted by Crippen LogP contribution is 2.39. The van der Waals surface area contributed by atoms with Gasteiger partial charge in [0.05, 0.1) is 23.9 Å². The van der Waals surface area contributed by atoms with E-state index in [1.54, 1.807) is 17.2 Å². The monoisotopic (exact) mass is 307 g/mol. The Morgan fingerprint density at radius 2 is 2.09 bits per heavy atom. The van der Waals surface area contributed by atoms with Crippen LogP contribution in [0.4, 0.5) is 0 Å². The number of carbonyl (C=O) groups excluding carboxylic acids is 1. The van der Waals surface area contributed by atoms with Gasteiger partial charge in [-0.1, -0.05) is 18.2 Å². The maximum absolute atomic E-state index is 12.6. The van der Waals surface area contributed by atoms with Crippen LogP contribution in [-0.4, -0.2) is 15.7 Å². The Bertz CT molecular complexity index is 802. The van der Waals surface area contributed by atoms with Gasteiger partial charge in [-0.05, 0) is 37.1 Å². The van der Waals surface area contributed by atoms with Gasteiger partial charge in [0.15, 0.2) is 0 Å². The van der Waals surface area contributed by atoms with E-state index < -0.39 is 0 Å². The molecule has 5 nitrogen and oxygen atoms in total. The van der Waals surface area contributed by atoms with Crippen LogP contribution in [0.3, 0.4) is 0 Å². The second-order valence-corrected chi connectivity index (χ2v) is 5.79. The van der Waals surface area contributed by atoms with Crippen LogP contribution in [0.2, 0.25) is 0 Å². The number of aromatic nitrogens is 2. The van der Waals surface area contributed by atoms with Crippen molar-refractivity contribution in [3.8, 4) is 5.69 Å². The normalized spacial score (nSPS) is 13.9. The highest BCUT2D eigenvalue weighted by molar-refractivity contribution is 5.93. The van der Waals surface area contributed by atoms with E-state index in [-0.39, 0.29) is 5.91 Å². The van der Waals surface area contributed by atoms with Gasteiger partial charge in [0.25, 0.3) is 5.91 Å². The van der Waals surface area contributed by atoms with Crippen LogP contribution in [0, 0.1) is 0 Å². The Balaban J connectivity index is 1.62. The first kappa shape index (κ1) is 13.8. The maximum atomic E-state index is 12.6. The fraction of sp³-hybridized carbons (Fsp3) is 0.222. The van der Waals surface area contributed by atoms with Crippen molar-refractivity contribution in [1.82, 2.24) is 15.1 Å². The van der Waals surface area contributed by atoms with Gasteiger partial charge in [0, 0.05) is 18.0 Å². The molecule has 1 aliphatic carbocycles. The van der Waals surface area contributed by atoms with Crippen molar-refractivity contribution < 1.29 is 9.21 Å². The highest BCUT2D eigenvalue weighted by atomic mass is 16.3. The molecule has 2 heterocycles. The first-order valence-corrected chi connectivity index (χ1v) is 7.76. The minimum atomic E-state index is -0.130. The maximum Gasteiger partial charge on any atom is 0.270 e. The van der Waals surface area contributed by atoms with Gasteiger partial charge in [0.2, 0.25) is 0 Å². The number of nitrogens with zero attached hydrogens (tertiary/aromatic N) is 2. The lowest BCUT2D eigenvalue weighted by molar-refractivity contribution is 0.0943. The molecule has 3 aromatic rings. The van der Waals surface area contributed by atoms with Crippen molar-refractivity contribution in [1.29, 1.82) is 0 Å². The summed E-state index contributed by atoms with van der Waals surface area (Å²) in [6, 6.07) is 13.5. The Labute approximate surface area is 133 Å². The summed E-state index contributed by atoms with van der Waals surface area (Å²) in [4.78, 5) is 12.6. The third-order valence-corrected chi connectivity index (χ3v) is 3.99. The molecule has 1 saturated carbocycles. The predicted octanol–water partition coefficient (Wildman–Crippen LogP) is 3.27. The summed E-state index contributed by atoms with van der Waals surface area (Å²) in [5, 5.41) is 7.57. The third kappa shape index (κ3) is 2.90. The molecule has 1 aliphatic rings. The lowest BCUT2D eigenvalue weighted by Gasteiger charge is -2.07. The quantitative estimate of drug-likeness (QED) is 0.787. The van der Waals surface area contributed by atoms with E-state index >= 15 is 0 Å². The molecule has 4 rings (SSSR count). The van der Waals surface area contributed by atoms with Gasteiger partial charge in [-0.3, -0.25) is 4.79 Å². The van der Waals surface area contributed by atoms with Gasteiger partial charge in [-0.15, -0.1) is 0 Å². The number of hydrogen-bond donors (Lipinski definition) is 1. The largest absolute Gasteiger partial charge is 0.472 e. The lowest BCUT2D eigenvalue weighted by atomic mass is 10.2. The molecule has 23 heavy (non-hydrogen) atoms. The van der Waals surface area contributed by atoms with E-state index in [0.29, 0.717) is 18.2 Å². The van der Waals surface area contributed by atoms with E-state index in [1.165, 1.54) is 0 Å². The van der Waals surface area contributed by atoms with Crippen LogP contribution in [0.25, 0.3) is 5.69 Å². The van der Waals surface area contributed by atoms with Gasteiger partial charge >= 0.3 is 0 Å². The fourth-order valence-corrected chi connectivity index (χ4v) is 2.57. The summed E-state index contributed by atoms with van der Waals surface area (Å²) in [6.45, 7) is 0.439. The summed E-state index contributed by atoms with van der Waals surface area (Å²) < 4.78 is 6.76. The van der Waals surface area contributed by atoms with Crippen LogP contribution in [0.15, 0.2) is 59.4 Å². The van der Waals surface area contributed by atoms with E-state index in [1.807, 2.05) is 42.5 Å². The van der Waals surface area contributed by atoms with Crippen LogP contribution in [0.5, 0.6) is 0 Å². The Morgan fingerprint density at radius 3 is 2.78 bits per heavy atom. The summed E-state index contributed by atoms with van der Waals surface area (Å²) >= 11 is 0. The molecule has 0 saturated heterocycles. The zero-order valence-electron chi connectivity index (χ0n) is 12.6. The zero-order chi connectivity index (χ0) is 15.6. The van der Waals surface area contributed by atoms with E-state index in [0.717, 1.165) is 29.8 Å². The number of rotatable bonds is 5. The van der Waals surface area contributed by atoms with Crippen LogP contribution in [-0.2, 0) is 6.54 Å². The smallest absolute Gasteiger partial charge is 0.270 e. The van der Waals surface area contributed by atoms with E-state index in [2.05, 4.69) is 10.4 Å². The zero-order valence-corrected chi connectivity index (χ0v) is 12.6. The Hall–Kier alpha value is -2.82. The summed E-state index contributed by atoms with van der Waals surface area (Å²) in [5.41, 5.74) is 3.41. The van der Waals surface area contributed by atoms with E-state index in [9.17, 15) is 4.79 Å². The standard InChI is InChI=1S/C18H17N3O2/c22-18(19-11-13-8-9-23-12-13)17-10-16(14-6-7-14)20-21(17)15-4-2-1-3-5-15/h1-5,8-10,12,14H,6-7,11H2,(H,19,22). The number of hydrogen-bond acceptors (Lipinski definition) is 3. The number of para-hydroxylation sites is 1. The molecule has 116 valence electrons. The first-order chi connectivity index (χ1) is 11.3. The highest BCUT2D eigenvalue weighted by Gasteiger charge is 2.29. The molecule has 1 aromatic carbocycles. The van der Waals surface area contributed by atoms with Crippen molar-refractivity contribution in [2.75, 3.05) is 0 Å². The molecule has 0 bridgehead atoms. The molecule has 0 unspecified atom stereocenters. The third-order valence-electron chi connectivity index (χ3n) is 3.99. The SMILES string of the molecule is O=C(NCc1ccoc1)c1cc(C2CC2)nn1-c1ccccc1. The van der Waals surface area contributed by atoms with Gasteiger partial charge in [-0.25, -0.2) is 4.68 Å². The van der Waals surface area contributed by atoms with Crippen LogP contribution in [0.1, 0.15) is 40.5 Å². The molecule has 5 heteroatoms. The van der Waals surface area contributed by atoms with Gasteiger partial charge in [0.1, 0.15) is 5.69 Å². The average Bonchev–Trinajstić information content (AvgIpc) is 3.13. The molecular weight excluding hydrogens is 290 g/mol. The van der Waals surface area contributed by atoms with Crippen molar-refractivity contribution >= 4 is 5.91 Å². The number of carbonyl (C=O) groups is 1. The first-order valence-electron chi connectivity index (χ1n) is 7.76. The topological polar surface area (TPSA) is 60.1 Å².